The number of aromatic nitrogens is 3. The Morgan fingerprint density at radius 2 is 1.97 bits per heavy atom. The Balaban J connectivity index is 1.40. The van der Waals surface area contributed by atoms with Gasteiger partial charge < -0.3 is 10.2 Å². The third-order valence-corrected chi connectivity index (χ3v) is 6.56. The fourth-order valence-corrected chi connectivity index (χ4v) is 4.59. The van der Waals surface area contributed by atoms with Gasteiger partial charge in [-0.05, 0) is 55.2 Å². The van der Waals surface area contributed by atoms with Crippen LogP contribution in [0.3, 0.4) is 0 Å². The van der Waals surface area contributed by atoms with Crippen molar-refractivity contribution in [2.24, 2.45) is 11.3 Å². The first-order chi connectivity index (χ1) is 14.8. The van der Waals surface area contributed by atoms with Crippen molar-refractivity contribution in [2.75, 3.05) is 19.6 Å². The molecule has 0 bridgehead atoms. The number of likely N-dealkylation sites (tertiary alicyclic amines) is 1. The maximum absolute atomic E-state index is 14.0. The van der Waals surface area contributed by atoms with Crippen molar-refractivity contribution in [1.29, 1.82) is 0 Å². The van der Waals surface area contributed by atoms with Crippen LogP contribution < -0.4 is 5.32 Å². The molecule has 0 radical (unpaired) electrons. The summed E-state index contributed by atoms with van der Waals surface area (Å²) in [6, 6.07) is 3.06. The quantitative estimate of drug-likeness (QED) is 0.789. The fourth-order valence-electron chi connectivity index (χ4n) is 4.59. The van der Waals surface area contributed by atoms with E-state index in [1.807, 2.05) is 13.8 Å². The van der Waals surface area contributed by atoms with Gasteiger partial charge in [-0.25, -0.2) is 13.5 Å². The number of hydrogen-bond acceptors (Lipinski definition) is 4. The summed E-state index contributed by atoms with van der Waals surface area (Å²) >= 11 is 0. The molecular weight excluding hydrogens is 404 g/mol. The zero-order chi connectivity index (χ0) is 22.2. The highest BCUT2D eigenvalue weighted by Gasteiger charge is 2.50. The summed E-state index contributed by atoms with van der Waals surface area (Å²) in [5.41, 5.74) is 0.0581. The number of nitrogens with one attached hydrogen (secondary N) is 1. The number of carbonyl (C=O) groups is 2. The fraction of sp³-hybridized carbons (Fsp3) is 0.545. The van der Waals surface area contributed by atoms with Crippen molar-refractivity contribution >= 4 is 11.8 Å². The molecule has 166 valence electrons. The Morgan fingerprint density at radius 1 is 1.23 bits per heavy atom. The standard InChI is InChI=1S/C22H27F2N5O2/c1-14(2)12-25-20(30)18-13-29(27-26-18)19-5-6-22(19)7-9-28(10-8-22)21(31)16-11-15(23)3-4-17(16)24/h3-4,11,13-14,19H,5-10,12H2,1-2H3,(H,25,30). The number of nitrogens with zero attached hydrogens (tertiary/aromatic N) is 4. The molecule has 1 unspecified atom stereocenters. The van der Waals surface area contributed by atoms with Crippen LogP contribution in [0.5, 0.6) is 0 Å². The smallest absolute Gasteiger partial charge is 0.273 e. The molecule has 1 aromatic heterocycles. The second-order valence-electron chi connectivity index (χ2n) is 9.02. The lowest BCUT2D eigenvalue weighted by atomic mass is 9.59. The van der Waals surface area contributed by atoms with E-state index in [1.165, 1.54) is 0 Å². The molecule has 7 nitrogen and oxygen atoms in total. The van der Waals surface area contributed by atoms with Crippen LogP contribution in [-0.4, -0.2) is 51.3 Å². The molecule has 1 spiro atoms. The first-order valence-electron chi connectivity index (χ1n) is 10.7. The van der Waals surface area contributed by atoms with Gasteiger partial charge in [0.15, 0.2) is 5.69 Å². The number of halogens is 2. The molecule has 2 fully saturated rings. The molecular formula is C22H27F2N5O2. The minimum absolute atomic E-state index is 0.0172. The lowest BCUT2D eigenvalue weighted by molar-refractivity contribution is -0.0269. The highest BCUT2D eigenvalue weighted by Crippen LogP contribution is 2.56. The molecule has 9 heteroatoms. The maximum atomic E-state index is 14.0. The first-order valence-corrected chi connectivity index (χ1v) is 10.7. The van der Waals surface area contributed by atoms with Crippen molar-refractivity contribution in [2.45, 2.75) is 45.6 Å². The molecule has 1 N–H and O–H groups in total. The normalized spacial score (nSPS) is 20.0. The summed E-state index contributed by atoms with van der Waals surface area (Å²) in [7, 11) is 0. The van der Waals surface area contributed by atoms with E-state index in [2.05, 4.69) is 15.6 Å². The van der Waals surface area contributed by atoms with E-state index in [9.17, 15) is 18.4 Å². The van der Waals surface area contributed by atoms with Crippen LogP contribution in [0.1, 0.15) is 66.4 Å². The van der Waals surface area contributed by atoms with E-state index < -0.39 is 17.5 Å². The number of benzene rings is 1. The first kappa shape index (κ1) is 21.4. The molecule has 1 saturated heterocycles. The van der Waals surface area contributed by atoms with Gasteiger partial charge in [-0.2, -0.15) is 0 Å². The van der Waals surface area contributed by atoms with Crippen molar-refractivity contribution in [3.63, 3.8) is 0 Å². The van der Waals surface area contributed by atoms with Crippen LogP contribution >= 0.6 is 0 Å². The van der Waals surface area contributed by atoms with Crippen LogP contribution in [0.25, 0.3) is 0 Å². The summed E-state index contributed by atoms with van der Waals surface area (Å²) in [5.74, 6) is -1.70. The minimum Gasteiger partial charge on any atom is -0.350 e. The molecule has 1 aliphatic carbocycles. The molecule has 2 aromatic rings. The molecule has 1 saturated carbocycles. The number of piperidine rings is 1. The molecule has 31 heavy (non-hydrogen) atoms. The molecule has 4 rings (SSSR count). The molecule has 1 atom stereocenters. The van der Waals surface area contributed by atoms with Gasteiger partial charge in [0.2, 0.25) is 0 Å². The van der Waals surface area contributed by atoms with E-state index in [1.54, 1.807) is 15.8 Å². The average molecular weight is 431 g/mol. The van der Waals surface area contributed by atoms with Crippen molar-refractivity contribution < 1.29 is 18.4 Å². The van der Waals surface area contributed by atoms with Gasteiger partial charge in [0.05, 0.1) is 17.8 Å². The van der Waals surface area contributed by atoms with Gasteiger partial charge in [0.1, 0.15) is 11.6 Å². The van der Waals surface area contributed by atoms with E-state index in [0.717, 1.165) is 43.9 Å². The molecule has 2 heterocycles. The van der Waals surface area contributed by atoms with Gasteiger partial charge in [0.25, 0.3) is 11.8 Å². The van der Waals surface area contributed by atoms with Crippen LogP contribution in [0.15, 0.2) is 24.4 Å². The minimum atomic E-state index is -0.709. The topological polar surface area (TPSA) is 80.1 Å². The van der Waals surface area contributed by atoms with Crippen molar-refractivity contribution in [3.05, 3.63) is 47.3 Å². The maximum Gasteiger partial charge on any atom is 0.273 e. The van der Waals surface area contributed by atoms with Crippen LogP contribution in [0.2, 0.25) is 0 Å². The second kappa shape index (κ2) is 8.36. The Hall–Kier alpha value is -2.84. The van der Waals surface area contributed by atoms with Gasteiger partial charge >= 0.3 is 0 Å². The lowest BCUT2D eigenvalue weighted by Crippen LogP contribution is -2.51. The zero-order valence-corrected chi connectivity index (χ0v) is 17.8. The van der Waals surface area contributed by atoms with E-state index >= 15 is 0 Å². The summed E-state index contributed by atoms with van der Waals surface area (Å²) in [5, 5.41) is 11.1. The van der Waals surface area contributed by atoms with Crippen LogP contribution in [0, 0.1) is 23.0 Å². The largest absolute Gasteiger partial charge is 0.350 e. The number of rotatable bonds is 5. The number of hydrogen-bond donors (Lipinski definition) is 1. The highest BCUT2D eigenvalue weighted by molar-refractivity contribution is 5.94. The van der Waals surface area contributed by atoms with Crippen molar-refractivity contribution in [3.8, 4) is 0 Å². The third kappa shape index (κ3) is 4.18. The highest BCUT2D eigenvalue weighted by atomic mass is 19.1. The Bertz CT molecular complexity index is 982. The van der Waals surface area contributed by atoms with E-state index in [-0.39, 0.29) is 22.9 Å². The van der Waals surface area contributed by atoms with Gasteiger partial charge in [0, 0.05) is 19.6 Å². The Morgan fingerprint density at radius 3 is 2.61 bits per heavy atom. The van der Waals surface area contributed by atoms with E-state index in [4.69, 9.17) is 0 Å². The Labute approximate surface area is 179 Å². The van der Waals surface area contributed by atoms with Gasteiger partial charge in [-0.1, -0.05) is 19.1 Å². The van der Waals surface area contributed by atoms with Crippen molar-refractivity contribution in [1.82, 2.24) is 25.2 Å². The Kier molecular flexibility index (Phi) is 5.77. The monoisotopic (exact) mass is 431 g/mol. The lowest BCUT2D eigenvalue weighted by Gasteiger charge is -2.53. The predicted molar refractivity (Wildman–Crippen MR) is 109 cm³/mol. The number of carbonyl (C=O) groups excluding carboxylic acids is 2. The molecule has 1 aliphatic heterocycles. The van der Waals surface area contributed by atoms with Gasteiger partial charge in [-0.15, -0.1) is 5.10 Å². The number of amides is 2. The summed E-state index contributed by atoms with van der Waals surface area (Å²) < 4.78 is 29.2. The molecule has 2 aliphatic rings. The summed E-state index contributed by atoms with van der Waals surface area (Å²) in [6.45, 7) is 5.57. The summed E-state index contributed by atoms with van der Waals surface area (Å²) in [6.07, 6.45) is 5.12. The average Bonchev–Trinajstić information content (AvgIpc) is 3.21. The SMILES string of the molecule is CC(C)CNC(=O)c1cn(C2CCC23CCN(C(=O)c2cc(F)ccc2F)CC3)nn1. The molecule has 1 aromatic carbocycles. The van der Waals surface area contributed by atoms with E-state index in [0.29, 0.717) is 31.2 Å². The zero-order valence-electron chi connectivity index (χ0n) is 17.8. The van der Waals surface area contributed by atoms with Gasteiger partial charge in [-0.3, -0.25) is 9.59 Å². The third-order valence-electron chi connectivity index (χ3n) is 6.56. The molecule has 2 amide bonds. The second-order valence-corrected chi connectivity index (χ2v) is 9.02. The predicted octanol–water partition coefficient (Wildman–Crippen LogP) is 3.20. The van der Waals surface area contributed by atoms with Crippen LogP contribution in [-0.2, 0) is 0 Å². The summed E-state index contributed by atoms with van der Waals surface area (Å²) in [4.78, 5) is 26.5. The van der Waals surface area contributed by atoms with Crippen LogP contribution in [0.4, 0.5) is 8.78 Å².